The maximum Gasteiger partial charge on any atom is 0.349 e. The zero-order valence-electron chi connectivity index (χ0n) is 7.65. The molecule has 7 heteroatoms. The first-order chi connectivity index (χ1) is 7.59. The molecule has 0 saturated heterocycles. The van der Waals surface area contributed by atoms with E-state index >= 15 is 0 Å². The zero-order valence-corrected chi connectivity index (χ0v) is 10.0. The lowest BCUT2D eigenvalue weighted by atomic mass is 10.1. The van der Waals surface area contributed by atoms with E-state index in [0.29, 0.717) is 4.47 Å². The average molecular weight is 303 g/mol. The Morgan fingerprint density at radius 3 is 2.94 bits per heavy atom. The summed E-state index contributed by atoms with van der Waals surface area (Å²) < 4.78 is 17.7. The summed E-state index contributed by atoms with van der Waals surface area (Å²) in [5.41, 5.74) is 0.178. The normalized spacial score (nSPS) is 10.4. The molecule has 0 spiro atoms. The van der Waals surface area contributed by atoms with E-state index in [1.165, 1.54) is 18.2 Å². The predicted molar refractivity (Wildman–Crippen MR) is 60.0 cm³/mol. The van der Waals surface area contributed by atoms with Crippen LogP contribution in [0.5, 0.6) is 0 Å². The fraction of sp³-hybridized carbons (Fsp3) is 0. The van der Waals surface area contributed by atoms with Crippen LogP contribution in [0, 0.1) is 5.82 Å². The SMILES string of the molecule is O=C(O)c1snnc1-c1cc(Br)ccc1F. The van der Waals surface area contributed by atoms with Crippen molar-refractivity contribution in [3.05, 3.63) is 33.4 Å². The highest BCUT2D eigenvalue weighted by Gasteiger charge is 2.19. The molecule has 0 aliphatic heterocycles. The molecule has 1 aromatic carbocycles. The second-order valence-corrected chi connectivity index (χ2v) is 4.55. The molecule has 2 rings (SSSR count). The van der Waals surface area contributed by atoms with Crippen molar-refractivity contribution in [2.75, 3.05) is 0 Å². The summed E-state index contributed by atoms with van der Waals surface area (Å²) in [5, 5.41) is 12.5. The van der Waals surface area contributed by atoms with Gasteiger partial charge < -0.3 is 5.11 Å². The Morgan fingerprint density at radius 2 is 2.25 bits per heavy atom. The number of halogens is 2. The lowest BCUT2D eigenvalue weighted by Gasteiger charge is -2.00. The molecule has 0 aliphatic rings. The molecule has 0 saturated carbocycles. The van der Waals surface area contributed by atoms with Crippen LogP contribution in [-0.4, -0.2) is 20.7 Å². The first-order valence-corrected chi connectivity index (χ1v) is 5.67. The molecule has 0 atom stereocenters. The van der Waals surface area contributed by atoms with Crippen LogP contribution in [0.4, 0.5) is 4.39 Å². The van der Waals surface area contributed by atoms with Crippen LogP contribution in [0.2, 0.25) is 0 Å². The van der Waals surface area contributed by atoms with Gasteiger partial charge in [-0.05, 0) is 29.7 Å². The lowest BCUT2D eigenvalue weighted by molar-refractivity contribution is 0.0702. The van der Waals surface area contributed by atoms with Crippen LogP contribution in [-0.2, 0) is 0 Å². The summed E-state index contributed by atoms with van der Waals surface area (Å²) in [6.07, 6.45) is 0. The third-order valence-electron chi connectivity index (χ3n) is 1.87. The molecule has 2 aromatic rings. The topological polar surface area (TPSA) is 63.1 Å². The van der Waals surface area contributed by atoms with E-state index in [-0.39, 0.29) is 16.1 Å². The summed E-state index contributed by atoms with van der Waals surface area (Å²) in [5.74, 6) is -1.69. The Morgan fingerprint density at radius 1 is 1.50 bits per heavy atom. The number of benzene rings is 1. The van der Waals surface area contributed by atoms with Crippen molar-refractivity contribution < 1.29 is 14.3 Å². The van der Waals surface area contributed by atoms with Crippen molar-refractivity contribution in [3.63, 3.8) is 0 Å². The molecule has 1 aromatic heterocycles. The van der Waals surface area contributed by atoms with Gasteiger partial charge in [-0.25, -0.2) is 9.18 Å². The number of rotatable bonds is 2. The van der Waals surface area contributed by atoms with E-state index in [0.717, 1.165) is 11.5 Å². The van der Waals surface area contributed by atoms with Crippen molar-refractivity contribution in [3.8, 4) is 11.3 Å². The smallest absolute Gasteiger partial charge is 0.349 e. The van der Waals surface area contributed by atoms with Gasteiger partial charge >= 0.3 is 5.97 Å². The minimum Gasteiger partial charge on any atom is -0.477 e. The van der Waals surface area contributed by atoms with Crippen molar-refractivity contribution in [2.24, 2.45) is 0 Å². The maximum atomic E-state index is 13.5. The fourth-order valence-electron chi connectivity index (χ4n) is 1.19. The first-order valence-electron chi connectivity index (χ1n) is 4.10. The molecule has 0 bridgehead atoms. The predicted octanol–water partition coefficient (Wildman–Crippen LogP) is 2.80. The number of hydrogen-bond donors (Lipinski definition) is 1. The van der Waals surface area contributed by atoms with Crippen LogP contribution >= 0.6 is 27.5 Å². The van der Waals surface area contributed by atoms with E-state index < -0.39 is 11.8 Å². The largest absolute Gasteiger partial charge is 0.477 e. The summed E-state index contributed by atoms with van der Waals surface area (Å²) in [6.45, 7) is 0. The van der Waals surface area contributed by atoms with Gasteiger partial charge in [0.2, 0.25) is 0 Å². The van der Waals surface area contributed by atoms with Gasteiger partial charge in [-0.15, -0.1) is 5.10 Å². The number of carbonyl (C=O) groups is 1. The fourth-order valence-corrected chi connectivity index (χ4v) is 2.07. The van der Waals surface area contributed by atoms with Gasteiger partial charge in [-0.2, -0.15) is 0 Å². The van der Waals surface area contributed by atoms with Crippen molar-refractivity contribution in [1.82, 2.24) is 9.59 Å². The summed E-state index contributed by atoms with van der Waals surface area (Å²) in [4.78, 5) is 10.8. The van der Waals surface area contributed by atoms with Crippen molar-refractivity contribution in [2.45, 2.75) is 0 Å². The van der Waals surface area contributed by atoms with Gasteiger partial charge in [-0.3, -0.25) is 0 Å². The molecule has 0 radical (unpaired) electrons. The van der Waals surface area contributed by atoms with Crippen LogP contribution in [0.25, 0.3) is 11.3 Å². The quantitative estimate of drug-likeness (QED) is 0.926. The maximum absolute atomic E-state index is 13.5. The second kappa shape index (κ2) is 4.26. The number of hydrogen-bond acceptors (Lipinski definition) is 4. The van der Waals surface area contributed by atoms with Crippen LogP contribution in [0.15, 0.2) is 22.7 Å². The molecular formula is C9H4BrFN2O2S. The summed E-state index contributed by atoms with van der Waals surface area (Å²) >= 11 is 3.91. The molecule has 0 aliphatic carbocycles. The van der Waals surface area contributed by atoms with E-state index in [4.69, 9.17) is 5.11 Å². The van der Waals surface area contributed by atoms with Gasteiger partial charge in [0, 0.05) is 10.0 Å². The second-order valence-electron chi connectivity index (χ2n) is 2.88. The number of carboxylic acids is 1. The molecule has 0 amide bonds. The van der Waals surface area contributed by atoms with Crippen molar-refractivity contribution in [1.29, 1.82) is 0 Å². The van der Waals surface area contributed by atoms with Gasteiger partial charge in [0.15, 0.2) is 4.88 Å². The Hall–Kier alpha value is -1.34. The first kappa shape index (κ1) is 11.2. The molecule has 1 N–H and O–H groups in total. The third kappa shape index (κ3) is 1.96. The zero-order chi connectivity index (χ0) is 11.7. The molecule has 0 fully saturated rings. The Kier molecular flexibility index (Phi) is 2.97. The minimum absolute atomic E-state index is 0.0521. The highest BCUT2D eigenvalue weighted by molar-refractivity contribution is 9.10. The highest BCUT2D eigenvalue weighted by Crippen LogP contribution is 2.28. The van der Waals surface area contributed by atoms with E-state index in [9.17, 15) is 9.18 Å². The number of aromatic nitrogens is 2. The average Bonchev–Trinajstić information content (AvgIpc) is 2.70. The molecule has 82 valence electrons. The summed E-state index contributed by atoms with van der Waals surface area (Å²) in [7, 11) is 0. The Bertz CT molecular complexity index is 558. The Labute approximate surface area is 102 Å². The van der Waals surface area contributed by atoms with Crippen LogP contribution in [0.1, 0.15) is 9.67 Å². The van der Waals surface area contributed by atoms with Crippen LogP contribution in [0.3, 0.4) is 0 Å². The monoisotopic (exact) mass is 302 g/mol. The van der Waals surface area contributed by atoms with Gasteiger partial charge in [0.25, 0.3) is 0 Å². The van der Waals surface area contributed by atoms with Gasteiger partial charge in [0.05, 0.1) is 0 Å². The number of carboxylic acid groups (broad SMARTS) is 1. The Balaban J connectivity index is 2.62. The molecule has 4 nitrogen and oxygen atoms in total. The molecular weight excluding hydrogens is 299 g/mol. The third-order valence-corrected chi connectivity index (χ3v) is 3.07. The van der Waals surface area contributed by atoms with E-state index in [1.54, 1.807) is 0 Å². The molecule has 1 heterocycles. The van der Waals surface area contributed by atoms with Crippen LogP contribution < -0.4 is 0 Å². The number of nitrogens with zero attached hydrogens (tertiary/aromatic N) is 2. The number of aromatic carboxylic acids is 1. The summed E-state index contributed by atoms with van der Waals surface area (Å²) in [6, 6.07) is 4.24. The van der Waals surface area contributed by atoms with Gasteiger partial charge in [0.1, 0.15) is 11.5 Å². The highest BCUT2D eigenvalue weighted by atomic mass is 79.9. The minimum atomic E-state index is -1.16. The standard InChI is InChI=1S/C9H4BrFN2O2S/c10-4-1-2-6(11)5(3-4)7-8(9(14)15)16-13-12-7/h1-3H,(H,14,15). The lowest BCUT2D eigenvalue weighted by Crippen LogP contribution is -1.97. The van der Waals surface area contributed by atoms with E-state index in [1.807, 2.05) is 0 Å². The molecule has 0 unspecified atom stereocenters. The molecule has 16 heavy (non-hydrogen) atoms. The van der Waals surface area contributed by atoms with Crippen molar-refractivity contribution >= 4 is 33.4 Å². The van der Waals surface area contributed by atoms with E-state index in [2.05, 4.69) is 25.5 Å². The van der Waals surface area contributed by atoms with Gasteiger partial charge in [-0.1, -0.05) is 20.4 Å².